The molecule has 1 aromatic rings. The number of aromatic amines is 2. The molecule has 124 valence electrons. The zero-order valence-electron chi connectivity index (χ0n) is 13.0. The second-order valence-electron chi connectivity index (χ2n) is 5.84. The van der Waals surface area contributed by atoms with Crippen LogP contribution >= 0.6 is 0 Å². The maximum absolute atomic E-state index is 12.6. The van der Waals surface area contributed by atoms with Gasteiger partial charge in [0.15, 0.2) is 4.90 Å². The van der Waals surface area contributed by atoms with Crippen molar-refractivity contribution in [1.82, 2.24) is 19.2 Å². The van der Waals surface area contributed by atoms with Gasteiger partial charge in [-0.25, -0.2) is 13.2 Å². The van der Waals surface area contributed by atoms with Crippen LogP contribution in [0.3, 0.4) is 0 Å². The first-order valence-corrected chi connectivity index (χ1v) is 8.70. The predicted octanol–water partition coefficient (Wildman–Crippen LogP) is -0.586. The Morgan fingerprint density at radius 2 is 2.00 bits per heavy atom. The van der Waals surface area contributed by atoms with Crippen LogP contribution in [0, 0.1) is 5.92 Å². The third-order valence-electron chi connectivity index (χ3n) is 4.10. The molecule has 8 nitrogen and oxygen atoms in total. The fraction of sp³-hybridized carbons (Fsp3) is 0.692. The van der Waals surface area contributed by atoms with E-state index >= 15 is 0 Å². The van der Waals surface area contributed by atoms with Crippen molar-refractivity contribution >= 4 is 10.0 Å². The van der Waals surface area contributed by atoms with E-state index in [-0.39, 0.29) is 12.0 Å². The highest BCUT2D eigenvalue weighted by Gasteiger charge is 2.40. The molecule has 1 aliphatic heterocycles. The minimum Gasteiger partial charge on any atom is -0.313 e. The summed E-state index contributed by atoms with van der Waals surface area (Å²) >= 11 is 0. The Balaban J connectivity index is 2.34. The van der Waals surface area contributed by atoms with Gasteiger partial charge in [-0.2, -0.15) is 4.31 Å². The molecule has 22 heavy (non-hydrogen) atoms. The Morgan fingerprint density at radius 1 is 1.32 bits per heavy atom. The van der Waals surface area contributed by atoms with E-state index in [1.165, 1.54) is 4.31 Å². The number of aromatic nitrogens is 2. The number of likely N-dealkylation sites (N-methyl/N-ethyl adjacent to an activating group) is 1. The predicted molar refractivity (Wildman–Crippen MR) is 82.3 cm³/mol. The molecule has 0 spiro atoms. The van der Waals surface area contributed by atoms with Crippen LogP contribution in [0.1, 0.15) is 19.8 Å². The number of nitrogens with one attached hydrogen (secondary N) is 2. The van der Waals surface area contributed by atoms with Gasteiger partial charge in [-0.15, -0.1) is 0 Å². The van der Waals surface area contributed by atoms with Crippen molar-refractivity contribution in [3.05, 3.63) is 27.0 Å². The first-order chi connectivity index (χ1) is 10.3. The molecule has 0 aliphatic carbocycles. The molecule has 0 radical (unpaired) electrons. The third kappa shape index (κ3) is 3.16. The van der Waals surface area contributed by atoms with Crippen LogP contribution < -0.4 is 11.2 Å². The Morgan fingerprint density at radius 3 is 2.55 bits per heavy atom. The van der Waals surface area contributed by atoms with Crippen molar-refractivity contribution in [1.29, 1.82) is 0 Å². The summed E-state index contributed by atoms with van der Waals surface area (Å²) in [5.41, 5.74) is -1.61. The number of rotatable bonds is 5. The van der Waals surface area contributed by atoms with Gasteiger partial charge in [0.05, 0.1) is 0 Å². The highest BCUT2D eigenvalue weighted by Crippen LogP contribution is 2.28. The molecule has 1 aliphatic rings. The quantitative estimate of drug-likeness (QED) is 0.751. The SMILES string of the molecule is CCC[C@@H]1CN(S(=O)(=O)c2c[nH]c(=O)[nH]c2=O)C[C@H]1N(C)C. The maximum atomic E-state index is 12.6. The van der Waals surface area contributed by atoms with Gasteiger partial charge in [0.2, 0.25) is 10.0 Å². The average Bonchev–Trinajstić information content (AvgIpc) is 2.83. The van der Waals surface area contributed by atoms with E-state index in [2.05, 4.69) is 11.9 Å². The van der Waals surface area contributed by atoms with Crippen molar-refractivity contribution < 1.29 is 8.42 Å². The lowest BCUT2D eigenvalue weighted by Gasteiger charge is -2.24. The fourth-order valence-corrected chi connectivity index (χ4v) is 4.49. The van der Waals surface area contributed by atoms with Crippen molar-refractivity contribution in [2.45, 2.75) is 30.7 Å². The van der Waals surface area contributed by atoms with Crippen LogP contribution in [0.15, 0.2) is 20.7 Å². The summed E-state index contributed by atoms with van der Waals surface area (Å²) < 4.78 is 26.6. The van der Waals surface area contributed by atoms with E-state index < -0.39 is 26.2 Å². The van der Waals surface area contributed by atoms with Gasteiger partial charge < -0.3 is 9.88 Å². The van der Waals surface area contributed by atoms with Gasteiger partial charge in [-0.1, -0.05) is 13.3 Å². The summed E-state index contributed by atoms with van der Waals surface area (Å²) in [4.78, 5) is 28.6. The van der Waals surface area contributed by atoms with Crippen molar-refractivity contribution in [3.8, 4) is 0 Å². The Labute approximate surface area is 129 Å². The minimum absolute atomic E-state index is 0.122. The number of hydrogen-bond acceptors (Lipinski definition) is 5. The topological polar surface area (TPSA) is 106 Å². The molecule has 0 aromatic carbocycles. The lowest BCUT2D eigenvalue weighted by Crippen LogP contribution is -2.38. The lowest BCUT2D eigenvalue weighted by atomic mass is 9.98. The smallest absolute Gasteiger partial charge is 0.313 e. The van der Waals surface area contributed by atoms with Crippen LogP contribution in [0.25, 0.3) is 0 Å². The first kappa shape index (κ1) is 16.9. The molecule has 2 N–H and O–H groups in total. The number of sulfonamides is 1. The lowest BCUT2D eigenvalue weighted by molar-refractivity contribution is 0.244. The van der Waals surface area contributed by atoms with E-state index in [1.807, 2.05) is 24.0 Å². The first-order valence-electron chi connectivity index (χ1n) is 7.26. The molecule has 9 heteroatoms. The van der Waals surface area contributed by atoms with Crippen LogP contribution in [-0.2, 0) is 10.0 Å². The molecule has 2 atom stereocenters. The molecular weight excluding hydrogens is 308 g/mol. The van der Waals surface area contributed by atoms with Crippen LogP contribution in [0.2, 0.25) is 0 Å². The highest BCUT2D eigenvalue weighted by molar-refractivity contribution is 7.89. The largest absolute Gasteiger partial charge is 0.325 e. The normalized spacial score (nSPS) is 23.3. The minimum atomic E-state index is -3.91. The summed E-state index contributed by atoms with van der Waals surface area (Å²) in [5, 5.41) is 0. The Kier molecular flexibility index (Phi) is 4.88. The highest BCUT2D eigenvalue weighted by atomic mass is 32.2. The summed E-state index contributed by atoms with van der Waals surface area (Å²) in [6.07, 6.45) is 2.87. The van der Waals surface area contributed by atoms with Gasteiger partial charge in [0.1, 0.15) is 0 Å². The molecule has 2 heterocycles. The summed E-state index contributed by atoms with van der Waals surface area (Å²) in [6, 6.07) is 0.122. The number of hydrogen-bond donors (Lipinski definition) is 2. The molecule has 0 bridgehead atoms. The van der Waals surface area contributed by atoms with Gasteiger partial charge in [-0.05, 0) is 26.4 Å². The summed E-state index contributed by atoms with van der Waals surface area (Å²) in [7, 11) is -0.0573. The average molecular weight is 330 g/mol. The molecular formula is C13H22N4O4S. The van der Waals surface area contributed by atoms with Crippen LogP contribution in [-0.4, -0.2) is 60.8 Å². The zero-order valence-corrected chi connectivity index (χ0v) is 13.8. The van der Waals surface area contributed by atoms with Crippen LogP contribution in [0.4, 0.5) is 0 Å². The molecule has 0 unspecified atom stereocenters. The zero-order chi connectivity index (χ0) is 16.5. The molecule has 0 saturated carbocycles. The molecule has 1 saturated heterocycles. The molecule has 0 amide bonds. The standard InChI is InChI=1S/C13H22N4O4S/c1-4-5-9-7-17(8-10(9)16(2)3)22(20,21)11-6-14-13(19)15-12(11)18/h6,9-10H,4-5,7-8H2,1-3H3,(H2,14,15,18,19)/t9-,10-/m1/s1. The van der Waals surface area contributed by atoms with Gasteiger partial charge >= 0.3 is 5.69 Å². The van der Waals surface area contributed by atoms with E-state index in [1.54, 1.807) is 0 Å². The van der Waals surface area contributed by atoms with Gasteiger partial charge in [0, 0.05) is 25.3 Å². The second kappa shape index (κ2) is 6.35. The van der Waals surface area contributed by atoms with Crippen molar-refractivity contribution in [2.75, 3.05) is 27.2 Å². The monoisotopic (exact) mass is 330 g/mol. The fourth-order valence-electron chi connectivity index (χ4n) is 2.98. The van der Waals surface area contributed by atoms with Gasteiger partial charge in [-0.3, -0.25) is 9.78 Å². The Hall–Kier alpha value is -1.45. The summed E-state index contributed by atoms with van der Waals surface area (Å²) in [6.45, 7) is 2.80. The maximum Gasteiger partial charge on any atom is 0.325 e. The van der Waals surface area contributed by atoms with Crippen molar-refractivity contribution in [3.63, 3.8) is 0 Å². The molecule has 1 fully saturated rings. The number of H-pyrrole nitrogens is 2. The number of nitrogens with zero attached hydrogens (tertiary/aromatic N) is 2. The second-order valence-corrected chi connectivity index (χ2v) is 7.74. The van der Waals surface area contributed by atoms with Crippen molar-refractivity contribution in [2.24, 2.45) is 5.92 Å². The van der Waals surface area contributed by atoms with Crippen LogP contribution in [0.5, 0.6) is 0 Å². The summed E-state index contributed by atoms with van der Waals surface area (Å²) in [5.74, 6) is 0.233. The van der Waals surface area contributed by atoms with E-state index in [0.717, 1.165) is 19.0 Å². The Bertz CT molecular complexity index is 737. The third-order valence-corrected chi connectivity index (χ3v) is 5.94. The van der Waals surface area contributed by atoms with Gasteiger partial charge in [0.25, 0.3) is 5.56 Å². The molecule has 2 rings (SSSR count). The molecule has 1 aromatic heterocycles. The van der Waals surface area contributed by atoms with E-state index in [4.69, 9.17) is 0 Å². The van der Waals surface area contributed by atoms with E-state index in [9.17, 15) is 18.0 Å². The van der Waals surface area contributed by atoms with E-state index in [0.29, 0.717) is 13.1 Å².